The van der Waals surface area contributed by atoms with E-state index in [1.54, 1.807) is 0 Å². The standard InChI is InChI=1S/C16H20BrNO2/c1-18(14-8-4-3-7-13(14)17)16(19)12-10-20-15-9-5-2-6-11(12)15/h2,5-6,9,12-14H,3-4,7-8,10H2,1H3. The zero-order chi connectivity index (χ0) is 14.1. The summed E-state index contributed by atoms with van der Waals surface area (Å²) in [5, 5.41) is 0. The van der Waals surface area contributed by atoms with Crippen molar-refractivity contribution in [2.24, 2.45) is 0 Å². The first-order valence-electron chi connectivity index (χ1n) is 7.31. The number of hydrogen-bond acceptors (Lipinski definition) is 2. The molecule has 4 heteroatoms. The van der Waals surface area contributed by atoms with E-state index in [-0.39, 0.29) is 11.8 Å². The van der Waals surface area contributed by atoms with Gasteiger partial charge in [0.1, 0.15) is 18.3 Å². The minimum Gasteiger partial charge on any atom is -0.492 e. The van der Waals surface area contributed by atoms with Gasteiger partial charge in [0, 0.05) is 23.5 Å². The number of hydrogen-bond donors (Lipinski definition) is 0. The Labute approximate surface area is 128 Å². The second-order valence-electron chi connectivity index (χ2n) is 5.72. The van der Waals surface area contributed by atoms with Crippen molar-refractivity contribution in [3.8, 4) is 5.75 Å². The Morgan fingerprint density at radius 3 is 2.85 bits per heavy atom. The summed E-state index contributed by atoms with van der Waals surface area (Å²) in [6, 6.07) is 8.18. The molecule has 1 saturated carbocycles. The number of rotatable bonds is 2. The van der Waals surface area contributed by atoms with Crippen LogP contribution in [0.15, 0.2) is 24.3 Å². The van der Waals surface area contributed by atoms with Crippen LogP contribution in [-0.4, -0.2) is 35.3 Å². The average Bonchev–Trinajstić information content (AvgIpc) is 2.90. The lowest BCUT2D eigenvalue weighted by atomic mass is 9.92. The molecule has 1 aromatic rings. The highest BCUT2D eigenvalue weighted by atomic mass is 79.9. The fraction of sp³-hybridized carbons (Fsp3) is 0.562. The Balaban J connectivity index is 1.76. The summed E-state index contributed by atoms with van der Waals surface area (Å²) in [6.45, 7) is 0.474. The largest absolute Gasteiger partial charge is 0.492 e. The lowest BCUT2D eigenvalue weighted by molar-refractivity contribution is -0.134. The maximum absolute atomic E-state index is 12.8. The van der Waals surface area contributed by atoms with Gasteiger partial charge in [-0.05, 0) is 18.9 Å². The molecule has 0 N–H and O–H groups in total. The number of likely N-dealkylation sites (N-methyl/N-ethyl adjacent to an activating group) is 1. The van der Waals surface area contributed by atoms with Crippen LogP contribution in [-0.2, 0) is 4.79 Å². The normalized spacial score (nSPS) is 28.6. The van der Waals surface area contributed by atoms with Crippen LogP contribution in [0, 0.1) is 0 Å². The highest BCUT2D eigenvalue weighted by Crippen LogP contribution is 2.36. The summed E-state index contributed by atoms with van der Waals surface area (Å²) in [5.41, 5.74) is 1.03. The molecular weight excluding hydrogens is 318 g/mol. The van der Waals surface area contributed by atoms with Gasteiger partial charge >= 0.3 is 0 Å². The summed E-state index contributed by atoms with van der Waals surface area (Å²) in [5.74, 6) is 0.905. The number of benzene rings is 1. The van der Waals surface area contributed by atoms with Crippen LogP contribution < -0.4 is 4.74 Å². The molecule has 108 valence electrons. The van der Waals surface area contributed by atoms with Crippen LogP contribution in [0.4, 0.5) is 0 Å². The topological polar surface area (TPSA) is 29.5 Å². The minimum absolute atomic E-state index is 0.141. The molecule has 0 saturated heterocycles. The van der Waals surface area contributed by atoms with E-state index in [4.69, 9.17) is 4.74 Å². The first-order chi connectivity index (χ1) is 9.68. The molecular formula is C16H20BrNO2. The van der Waals surface area contributed by atoms with E-state index in [0.717, 1.165) is 24.2 Å². The summed E-state index contributed by atoms with van der Waals surface area (Å²) in [6.07, 6.45) is 4.71. The number of halogens is 1. The number of amides is 1. The number of carbonyl (C=O) groups is 1. The average molecular weight is 338 g/mol. The van der Waals surface area contributed by atoms with Crippen molar-refractivity contribution in [1.82, 2.24) is 4.90 Å². The van der Waals surface area contributed by atoms with E-state index in [9.17, 15) is 4.79 Å². The van der Waals surface area contributed by atoms with E-state index in [2.05, 4.69) is 15.9 Å². The SMILES string of the molecule is CN(C(=O)C1COc2ccccc21)C1CCCCC1Br. The Morgan fingerprint density at radius 1 is 1.30 bits per heavy atom. The fourth-order valence-corrected chi connectivity index (χ4v) is 4.22. The molecule has 3 rings (SSSR count). The first-order valence-corrected chi connectivity index (χ1v) is 8.22. The van der Waals surface area contributed by atoms with E-state index in [1.165, 1.54) is 12.8 Å². The third-order valence-corrected chi connectivity index (χ3v) is 5.56. The van der Waals surface area contributed by atoms with Gasteiger partial charge in [-0.3, -0.25) is 4.79 Å². The second kappa shape index (κ2) is 5.76. The highest BCUT2D eigenvalue weighted by molar-refractivity contribution is 9.09. The molecule has 20 heavy (non-hydrogen) atoms. The van der Waals surface area contributed by atoms with Crippen molar-refractivity contribution >= 4 is 21.8 Å². The predicted molar refractivity (Wildman–Crippen MR) is 82.4 cm³/mol. The summed E-state index contributed by atoms with van der Waals surface area (Å²) >= 11 is 3.74. The Kier molecular flexibility index (Phi) is 4.01. The second-order valence-corrected chi connectivity index (χ2v) is 6.89. The van der Waals surface area contributed by atoms with Crippen molar-refractivity contribution in [3.63, 3.8) is 0 Å². The van der Waals surface area contributed by atoms with Gasteiger partial charge in [0.25, 0.3) is 0 Å². The van der Waals surface area contributed by atoms with Gasteiger partial charge in [-0.2, -0.15) is 0 Å². The predicted octanol–water partition coefficient (Wildman–Crippen LogP) is 3.33. The van der Waals surface area contributed by atoms with Gasteiger partial charge in [0.2, 0.25) is 5.91 Å². The van der Waals surface area contributed by atoms with E-state index < -0.39 is 0 Å². The van der Waals surface area contributed by atoms with E-state index >= 15 is 0 Å². The van der Waals surface area contributed by atoms with Crippen molar-refractivity contribution in [2.45, 2.75) is 42.5 Å². The van der Waals surface area contributed by atoms with Crippen LogP contribution in [0.5, 0.6) is 5.75 Å². The van der Waals surface area contributed by atoms with Crippen molar-refractivity contribution < 1.29 is 9.53 Å². The highest BCUT2D eigenvalue weighted by Gasteiger charge is 2.36. The van der Waals surface area contributed by atoms with Crippen molar-refractivity contribution in [3.05, 3.63) is 29.8 Å². The summed E-state index contributed by atoms with van der Waals surface area (Å²) in [7, 11) is 1.94. The fourth-order valence-electron chi connectivity index (χ4n) is 3.28. The molecule has 1 aliphatic carbocycles. The molecule has 1 fully saturated rings. The Morgan fingerprint density at radius 2 is 2.05 bits per heavy atom. The molecule has 0 radical (unpaired) electrons. The number of nitrogens with zero attached hydrogens (tertiary/aromatic N) is 1. The maximum Gasteiger partial charge on any atom is 0.233 e. The van der Waals surface area contributed by atoms with Crippen molar-refractivity contribution in [1.29, 1.82) is 0 Å². The molecule has 3 nitrogen and oxygen atoms in total. The zero-order valence-electron chi connectivity index (χ0n) is 11.7. The quantitative estimate of drug-likeness (QED) is 0.774. The molecule has 1 aromatic carbocycles. The van der Waals surface area contributed by atoms with Crippen LogP contribution in [0.3, 0.4) is 0 Å². The third kappa shape index (κ3) is 2.46. The Hall–Kier alpha value is -1.03. The Bertz CT molecular complexity index is 505. The molecule has 1 heterocycles. The molecule has 1 aliphatic heterocycles. The summed E-state index contributed by atoms with van der Waals surface area (Å²) in [4.78, 5) is 15.1. The van der Waals surface area contributed by atoms with Gasteiger partial charge < -0.3 is 9.64 Å². The van der Waals surface area contributed by atoms with Crippen LogP contribution in [0.1, 0.15) is 37.2 Å². The molecule has 2 aliphatic rings. The van der Waals surface area contributed by atoms with Gasteiger partial charge in [-0.15, -0.1) is 0 Å². The van der Waals surface area contributed by atoms with Gasteiger partial charge in [0.05, 0.1) is 0 Å². The van der Waals surface area contributed by atoms with Crippen LogP contribution >= 0.6 is 15.9 Å². The van der Waals surface area contributed by atoms with E-state index in [1.807, 2.05) is 36.2 Å². The number of carbonyl (C=O) groups excluding carboxylic acids is 1. The smallest absolute Gasteiger partial charge is 0.233 e. The van der Waals surface area contributed by atoms with E-state index in [0.29, 0.717) is 17.5 Å². The first kappa shape index (κ1) is 13.9. The van der Waals surface area contributed by atoms with Gasteiger partial charge in [0.15, 0.2) is 0 Å². The molecule has 3 unspecified atom stereocenters. The van der Waals surface area contributed by atoms with Crippen LogP contribution in [0.25, 0.3) is 0 Å². The molecule has 3 atom stereocenters. The number of fused-ring (bicyclic) bond motifs is 1. The number of alkyl halides is 1. The molecule has 0 spiro atoms. The molecule has 0 bridgehead atoms. The van der Waals surface area contributed by atoms with Crippen molar-refractivity contribution in [2.75, 3.05) is 13.7 Å². The van der Waals surface area contributed by atoms with Gasteiger partial charge in [-0.25, -0.2) is 0 Å². The van der Waals surface area contributed by atoms with Gasteiger partial charge in [-0.1, -0.05) is 47.0 Å². The number of para-hydroxylation sites is 1. The lowest BCUT2D eigenvalue weighted by Crippen LogP contribution is -2.46. The molecule has 0 aromatic heterocycles. The number of ether oxygens (including phenoxy) is 1. The van der Waals surface area contributed by atoms with Crippen LogP contribution in [0.2, 0.25) is 0 Å². The zero-order valence-corrected chi connectivity index (χ0v) is 13.3. The minimum atomic E-state index is -0.141. The monoisotopic (exact) mass is 337 g/mol. The molecule has 1 amide bonds. The maximum atomic E-state index is 12.8. The third-order valence-electron chi connectivity index (χ3n) is 4.49. The lowest BCUT2D eigenvalue weighted by Gasteiger charge is -2.36. The summed E-state index contributed by atoms with van der Waals surface area (Å²) < 4.78 is 5.64.